The monoisotopic (exact) mass is 500 g/mol. The molecule has 5 rings (SSSR count). The van der Waals surface area contributed by atoms with Crippen molar-refractivity contribution in [3.05, 3.63) is 59.8 Å². The van der Waals surface area contributed by atoms with Gasteiger partial charge >= 0.3 is 12.0 Å². The largest absolute Gasteiger partial charge is 0.481 e. The molecule has 3 aromatic heterocycles. The maximum Gasteiger partial charge on any atom is 0.341 e. The average Bonchev–Trinajstić information content (AvgIpc) is 3.31. The van der Waals surface area contributed by atoms with Crippen LogP contribution in [0.15, 0.2) is 53.1 Å². The maximum atomic E-state index is 10.9. The summed E-state index contributed by atoms with van der Waals surface area (Å²) in [6, 6.07) is 13.2. The number of benzene rings is 2. The Hall–Kier alpha value is -4.73. The van der Waals surface area contributed by atoms with Gasteiger partial charge in [-0.3, -0.25) is 4.98 Å². The minimum atomic E-state index is -1.04. The Morgan fingerprint density at radius 2 is 1.81 bits per heavy atom. The summed E-state index contributed by atoms with van der Waals surface area (Å²) in [5.41, 5.74) is 3.61. The van der Waals surface area contributed by atoms with Crippen LogP contribution in [0.3, 0.4) is 0 Å². The Morgan fingerprint density at radius 1 is 1.03 bits per heavy atom. The number of nitrogens with zero attached hydrogens (tertiary/aromatic N) is 4. The normalized spacial score (nSPS) is 11.1. The molecular formula is C27H24N4O6. The molecule has 0 bridgehead atoms. The quantitative estimate of drug-likeness (QED) is 0.277. The van der Waals surface area contributed by atoms with Gasteiger partial charge < -0.3 is 23.7 Å². The SMILES string of the molecule is CCCOc1nc(Oc2cnc3ccccc3c2)nc2oc(-c3cc(C)c(OCC(=O)O)c(C)c3)nc12. The zero-order valence-corrected chi connectivity index (χ0v) is 20.5. The fourth-order valence-corrected chi connectivity index (χ4v) is 3.89. The molecule has 0 amide bonds. The number of aromatic nitrogens is 4. The summed E-state index contributed by atoms with van der Waals surface area (Å²) in [7, 11) is 0. The molecule has 5 aromatic rings. The molecule has 0 saturated heterocycles. The predicted molar refractivity (Wildman–Crippen MR) is 135 cm³/mol. The summed E-state index contributed by atoms with van der Waals surface area (Å²) in [5, 5.41) is 9.85. The number of aryl methyl sites for hydroxylation is 2. The van der Waals surface area contributed by atoms with Crippen molar-refractivity contribution >= 4 is 28.1 Å². The van der Waals surface area contributed by atoms with Crippen molar-refractivity contribution in [1.82, 2.24) is 19.9 Å². The van der Waals surface area contributed by atoms with Gasteiger partial charge in [-0.05, 0) is 55.7 Å². The summed E-state index contributed by atoms with van der Waals surface area (Å²) in [6.45, 7) is 5.65. The van der Waals surface area contributed by atoms with Gasteiger partial charge in [-0.1, -0.05) is 25.1 Å². The molecule has 3 heterocycles. The molecule has 37 heavy (non-hydrogen) atoms. The highest BCUT2D eigenvalue weighted by molar-refractivity contribution is 5.80. The van der Waals surface area contributed by atoms with E-state index in [0.29, 0.717) is 35.1 Å². The third-order valence-corrected chi connectivity index (χ3v) is 5.47. The number of pyridine rings is 1. The first-order valence-corrected chi connectivity index (χ1v) is 11.7. The smallest absolute Gasteiger partial charge is 0.341 e. The highest BCUT2D eigenvalue weighted by Crippen LogP contribution is 2.34. The van der Waals surface area contributed by atoms with Crippen molar-refractivity contribution in [2.24, 2.45) is 0 Å². The van der Waals surface area contributed by atoms with Gasteiger partial charge in [-0.15, -0.1) is 0 Å². The number of fused-ring (bicyclic) bond motifs is 2. The summed E-state index contributed by atoms with van der Waals surface area (Å²) in [6.07, 6.45) is 2.38. The first-order chi connectivity index (χ1) is 17.9. The summed E-state index contributed by atoms with van der Waals surface area (Å²) < 4.78 is 23.2. The Labute approximate surface area is 211 Å². The standard InChI is InChI=1S/C27H24N4O6/c1-4-9-34-25-22-26(31-27(30-25)36-19-12-17-7-5-6-8-20(17)28-13-19)37-24(29-22)18-10-15(2)23(16(3)11-18)35-14-21(32)33/h5-8,10-13H,4,9,14H2,1-3H3,(H,32,33). The van der Waals surface area contributed by atoms with Gasteiger partial charge in [-0.2, -0.15) is 9.97 Å². The Morgan fingerprint density at radius 3 is 2.57 bits per heavy atom. The molecule has 0 radical (unpaired) electrons. The van der Waals surface area contributed by atoms with E-state index in [2.05, 4.69) is 19.9 Å². The first kappa shape index (κ1) is 24.0. The molecule has 0 aliphatic rings. The zero-order chi connectivity index (χ0) is 25.9. The van der Waals surface area contributed by atoms with Crippen molar-refractivity contribution in [2.45, 2.75) is 27.2 Å². The number of carboxylic acids is 1. The molecule has 0 saturated carbocycles. The van der Waals surface area contributed by atoms with Crippen molar-refractivity contribution in [3.8, 4) is 34.8 Å². The fraction of sp³-hybridized carbons (Fsp3) is 0.222. The maximum absolute atomic E-state index is 10.9. The minimum absolute atomic E-state index is 0.0446. The highest BCUT2D eigenvalue weighted by Gasteiger charge is 2.20. The van der Waals surface area contributed by atoms with Gasteiger partial charge in [0.25, 0.3) is 11.6 Å². The van der Waals surface area contributed by atoms with Crippen molar-refractivity contribution in [3.63, 3.8) is 0 Å². The van der Waals surface area contributed by atoms with Crippen LogP contribution >= 0.6 is 0 Å². The van der Waals surface area contributed by atoms with Gasteiger partial charge in [-0.25, -0.2) is 9.78 Å². The van der Waals surface area contributed by atoms with Gasteiger partial charge in [0.05, 0.1) is 18.3 Å². The molecule has 0 aliphatic carbocycles. The summed E-state index contributed by atoms with van der Waals surface area (Å²) >= 11 is 0. The Bertz CT molecular complexity index is 1590. The number of oxazole rings is 1. The zero-order valence-electron chi connectivity index (χ0n) is 20.5. The Balaban J connectivity index is 1.51. The molecule has 0 spiro atoms. The van der Waals surface area contributed by atoms with Gasteiger partial charge in [0.15, 0.2) is 12.1 Å². The molecule has 10 heteroatoms. The number of rotatable bonds is 9. The van der Waals surface area contributed by atoms with Crippen LogP contribution in [0.1, 0.15) is 24.5 Å². The van der Waals surface area contributed by atoms with Crippen LogP contribution in [0, 0.1) is 13.8 Å². The number of hydrogen-bond acceptors (Lipinski definition) is 9. The van der Waals surface area contributed by atoms with E-state index < -0.39 is 12.6 Å². The lowest BCUT2D eigenvalue weighted by Gasteiger charge is -2.11. The number of para-hydroxylation sites is 1. The number of ether oxygens (including phenoxy) is 3. The second kappa shape index (κ2) is 10.1. The van der Waals surface area contributed by atoms with E-state index in [4.69, 9.17) is 23.7 Å². The minimum Gasteiger partial charge on any atom is -0.481 e. The molecule has 188 valence electrons. The fourth-order valence-electron chi connectivity index (χ4n) is 3.89. The van der Waals surface area contributed by atoms with Gasteiger partial charge in [0.1, 0.15) is 11.5 Å². The van der Waals surface area contributed by atoms with E-state index >= 15 is 0 Å². The lowest BCUT2D eigenvalue weighted by molar-refractivity contribution is -0.139. The van der Waals surface area contributed by atoms with Crippen LogP contribution in [-0.4, -0.2) is 44.2 Å². The summed E-state index contributed by atoms with van der Waals surface area (Å²) in [5.74, 6) is 0.500. The van der Waals surface area contributed by atoms with E-state index in [1.54, 1.807) is 6.20 Å². The number of carboxylic acid groups (broad SMARTS) is 1. The van der Waals surface area contributed by atoms with Crippen molar-refractivity contribution in [2.75, 3.05) is 13.2 Å². The van der Waals surface area contributed by atoms with E-state index in [0.717, 1.165) is 28.5 Å². The second-order valence-corrected chi connectivity index (χ2v) is 8.42. The average molecular weight is 501 g/mol. The van der Waals surface area contributed by atoms with E-state index in [1.807, 2.05) is 63.2 Å². The third kappa shape index (κ3) is 5.13. The molecule has 0 atom stereocenters. The first-order valence-electron chi connectivity index (χ1n) is 11.7. The lowest BCUT2D eigenvalue weighted by atomic mass is 10.1. The predicted octanol–water partition coefficient (Wildman–Crippen LogP) is 5.49. The van der Waals surface area contributed by atoms with Crippen molar-refractivity contribution in [1.29, 1.82) is 0 Å². The molecule has 10 nitrogen and oxygen atoms in total. The number of carbonyl (C=O) groups is 1. The number of aliphatic carboxylic acids is 1. The molecule has 0 aliphatic heterocycles. The highest BCUT2D eigenvalue weighted by atomic mass is 16.5. The molecule has 2 aromatic carbocycles. The van der Waals surface area contributed by atoms with E-state index in [-0.39, 0.29) is 17.6 Å². The van der Waals surface area contributed by atoms with E-state index in [1.165, 1.54) is 0 Å². The van der Waals surface area contributed by atoms with Gasteiger partial charge in [0, 0.05) is 10.9 Å². The van der Waals surface area contributed by atoms with Crippen LogP contribution in [0.5, 0.6) is 23.4 Å². The van der Waals surface area contributed by atoms with Crippen LogP contribution in [-0.2, 0) is 4.79 Å². The van der Waals surface area contributed by atoms with Crippen LogP contribution in [0.2, 0.25) is 0 Å². The third-order valence-electron chi connectivity index (χ3n) is 5.47. The molecule has 0 fully saturated rings. The van der Waals surface area contributed by atoms with Crippen LogP contribution in [0.4, 0.5) is 0 Å². The molecular weight excluding hydrogens is 476 g/mol. The molecule has 0 unspecified atom stereocenters. The van der Waals surface area contributed by atoms with E-state index in [9.17, 15) is 4.79 Å². The van der Waals surface area contributed by atoms with Crippen molar-refractivity contribution < 1.29 is 28.5 Å². The summed E-state index contributed by atoms with van der Waals surface area (Å²) in [4.78, 5) is 28.8. The topological polar surface area (TPSA) is 130 Å². The molecule has 1 N–H and O–H groups in total. The lowest BCUT2D eigenvalue weighted by Crippen LogP contribution is -2.10. The Kier molecular flexibility index (Phi) is 6.55. The second-order valence-electron chi connectivity index (χ2n) is 8.42. The van der Waals surface area contributed by atoms with Crippen LogP contribution < -0.4 is 14.2 Å². The van der Waals surface area contributed by atoms with Gasteiger partial charge in [0.2, 0.25) is 5.89 Å². The van der Waals surface area contributed by atoms with Crippen LogP contribution in [0.25, 0.3) is 33.6 Å². The number of hydrogen-bond donors (Lipinski definition) is 1.